The molecule has 3 nitrogen and oxygen atoms in total. The van der Waals surface area contributed by atoms with Crippen molar-refractivity contribution in [3.05, 3.63) is 24.3 Å². The predicted octanol–water partition coefficient (Wildman–Crippen LogP) is 1.65. The lowest BCUT2D eigenvalue weighted by Crippen LogP contribution is -2.43. The molecule has 0 amide bonds. The SMILES string of the molecule is CC(C)(C)C(F)(CN)c1cnccn1. The average Bonchev–Trinajstić information content (AvgIpc) is 2.16. The number of nitrogens with zero attached hydrogens (tertiary/aromatic N) is 2. The summed E-state index contributed by atoms with van der Waals surface area (Å²) in [6.07, 6.45) is 4.42. The molecule has 1 heterocycles. The van der Waals surface area contributed by atoms with Gasteiger partial charge >= 0.3 is 0 Å². The minimum Gasteiger partial charge on any atom is -0.327 e. The molecule has 1 aromatic heterocycles. The molecular formula is C10H16FN3. The molecule has 0 aliphatic carbocycles. The summed E-state index contributed by atoms with van der Waals surface area (Å²) in [6, 6.07) is 0. The quantitative estimate of drug-likeness (QED) is 0.784. The Morgan fingerprint density at radius 2 is 2.00 bits per heavy atom. The maximum absolute atomic E-state index is 14.5. The highest BCUT2D eigenvalue weighted by Gasteiger charge is 2.44. The fourth-order valence-electron chi connectivity index (χ4n) is 1.30. The van der Waals surface area contributed by atoms with Crippen LogP contribution in [0.4, 0.5) is 4.39 Å². The summed E-state index contributed by atoms with van der Waals surface area (Å²) in [7, 11) is 0. The number of hydrogen-bond acceptors (Lipinski definition) is 3. The summed E-state index contributed by atoms with van der Waals surface area (Å²) in [5.74, 6) is 0. The molecule has 0 aromatic carbocycles. The molecule has 1 unspecified atom stereocenters. The zero-order valence-electron chi connectivity index (χ0n) is 8.79. The van der Waals surface area contributed by atoms with Gasteiger partial charge in [-0.25, -0.2) is 4.39 Å². The Bertz CT molecular complexity index is 294. The van der Waals surface area contributed by atoms with E-state index in [1.54, 1.807) is 20.8 Å². The molecule has 0 bridgehead atoms. The van der Waals surface area contributed by atoms with Gasteiger partial charge in [0.2, 0.25) is 0 Å². The fraction of sp³-hybridized carbons (Fsp3) is 0.600. The van der Waals surface area contributed by atoms with Crippen molar-refractivity contribution in [2.45, 2.75) is 26.4 Å². The van der Waals surface area contributed by atoms with E-state index in [-0.39, 0.29) is 6.54 Å². The number of hydrogen-bond donors (Lipinski definition) is 1. The van der Waals surface area contributed by atoms with E-state index in [1.807, 2.05) is 0 Å². The lowest BCUT2D eigenvalue weighted by molar-refractivity contribution is 0.0296. The Labute approximate surface area is 83.6 Å². The highest BCUT2D eigenvalue weighted by molar-refractivity contribution is 5.13. The predicted molar refractivity (Wildman–Crippen MR) is 53.3 cm³/mol. The van der Waals surface area contributed by atoms with Crippen LogP contribution >= 0.6 is 0 Å². The van der Waals surface area contributed by atoms with E-state index in [1.165, 1.54) is 18.6 Å². The van der Waals surface area contributed by atoms with Gasteiger partial charge in [0, 0.05) is 24.4 Å². The van der Waals surface area contributed by atoms with Crippen molar-refractivity contribution in [2.75, 3.05) is 6.54 Å². The van der Waals surface area contributed by atoms with Crippen molar-refractivity contribution < 1.29 is 4.39 Å². The fourth-order valence-corrected chi connectivity index (χ4v) is 1.30. The molecule has 0 aliphatic rings. The first-order valence-corrected chi connectivity index (χ1v) is 4.57. The highest BCUT2D eigenvalue weighted by atomic mass is 19.1. The zero-order chi connectivity index (χ0) is 10.8. The Morgan fingerprint density at radius 1 is 1.36 bits per heavy atom. The molecule has 0 saturated carbocycles. The van der Waals surface area contributed by atoms with Gasteiger partial charge in [-0.2, -0.15) is 0 Å². The zero-order valence-corrected chi connectivity index (χ0v) is 8.79. The Morgan fingerprint density at radius 3 is 2.36 bits per heavy atom. The first-order chi connectivity index (χ1) is 6.42. The lowest BCUT2D eigenvalue weighted by Gasteiger charge is -2.35. The monoisotopic (exact) mass is 197 g/mol. The Hall–Kier alpha value is -1.03. The number of rotatable bonds is 2. The summed E-state index contributed by atoms with van der Waals surface area (Å²) >= 11 is 0. The van der Waals surface area contributed by atoms with Crippen molar-refractivity contribution in [3.63, 3.8) is 0 Å². The van der Waals surface area contributed by atoms with Crippen LogP contribution in [0.15, 0.2) is 18.6 Å². The van der Waals surface area contributed by atoms with Gasteiger partial charge in [0.05, 0.1) is 11.9 Å². The second-order valence-corrected chi connectivity index (χ2v) is 4.35. The van der Waals surface area contributed by atoms with E-state index in [0.717, 1.165) is 0 Å². The van der Waals surface area contributed by atoms with Crippen molar-refractivity contribution in [1.29, 1.82) is 0 Å². The second kappa shape index (κ2) is 3.61. The molecule has 1 rings (SSSR count). The summed E-state index contributed by atoms with van der Waals surface area (Å²) in [5.41, 5.74) is 3.57. The molecule has 0 radical (unpaired) electrons. The van der Waals surface area contributed by atoms with Gasteiger partial charge in [0.1, 0.15) is 0 Å². The van der Waals surface area contributed by atoms with E-state index in [4.69, 9.17) is 5.73 Å². The number of nitrogens with two attached hydrogens (primary N) is 1. The molecule has 0 spiro atoms. The molecule has 78 valence electrons. The molecule has 0 fully saturated rings. The van der Waals surface area contributed by atoms with E-state index in [2.05, 4.69) is 9.97 Å². The smallest absolute Gasteiger partial charge is 0.171 e. The number of alkyl halides is 1. The topological polar surface area (TPSA) is 51.8 Å². The van der Waals surface area contributed by atoms with Gasteiger partial charge in [0.15, 0.2) is 5.67 Å². The van der Waals surface area contributed by atoms with Crippen molar-refractivity contribution in [3.8, 4) is 0 Å². The summed E-state index contributed by atoms with van der Waals surface area (Å²) in [5, 5.41) is 0. The molecule has 0 saturated heterocycles. The summed E-state index contributed by atoms with van der Waals surface area (Å²) in [4.78, 5) is 7.82. The van der Waals surface area contributed by atoms with Crippen LogP contribution in [0.25, 0.3) is 0 Å². The van der Waals surface area contributed by atoms with Gasteiger partial charge < -0.3 is 5.73 Å². The van der Waals surface area contributed by atoms with Crippen molar-refractivity contribution in [2.24, 2.45) is 11.1 Å². The first kappa shape index (κ1) is 11.0. The van der Waals surface area contributed by atoms with E-state index in [0.29, 0.717) is 5.69 Å². The molecule has 14 heavy (non-hydrogen) atoms. The van der Waals surface area contributed by atoms with Crippen LogP contribution in [0.3, 0.4) is 0 Å². The lowest BCUT2D eigenvalue weighted by atomic mass is 9.76. The van der Waals surface area contributed by atoms with Gasteiger partial charge in [0.25, 0.3) is 0 Å². The molecule has 1 aromatic rings. The van der Waals surface area contributed by atoms with Crippen molar-refractivity contribution >= 4 is 0 Å². The van der Waals surface area contributed by atoms with Crippen LogP contribution in [0, 0.1) is 5.41 Å². The number of halogens is 1. The van der Waals surface area contributed by atoms with Crippen LogP contribution in [-0.2, 0) is 5.67 Å². The van der Waals surface area contributed by atoms with E-state index in [9.17, 15) is 4.39 Å². The molecule has 1 atom stereocenters. The third-order valence-electron chi connectivity index (χ3n) is 2.44. The maximum Gasteiger partial charge on any atom is 0.171 e. The van der Waals surface area contributed by atoms with Crippen LogP contribution in [0.1, 0.15) is 26.5 Å². The largest absolute Gasteiger partial charge is 0.327 e. The Kier molecular flexibility index (Phi) is 2.85. The standard InChI is InChI=1S/C10H16FN3/c1-9(2,3)10(11,7-12)8-6-13-4-5-14-8/h4-6H,7,12H2,1-3H3. The van der Waals surface area contributed by atoms with Gasteiger partial charge in [-0.15, -0.1) is 0 Å². The van der Waals surface area contributed by atoms with Crippen LogP contribution in [-0.4, -0.2) is 16.5 Å². The van der Waals surface area contributed by atoms with Gasteiger partial charge in [-0.3, -0.25) is 9.97 Å². The van der Waals surface area contributed by atoms with Crippen molar-refractivity contribution in [1.82, 2.24) is 9.97 Å². The third kappa shape index (κ3) is 1.75. The Balaban J connectivity index is 3.15. The molecule has 4 heteroatoms. The molecule has 0 aliphatic heterocycles. The highest BCUT2D eigenvalue weighted by Crippen LogP contribution is 2.40. The van der Waals surface area contributed by atoms with Crippen LogP contribution in [0.5, 0.6) is 0 Å². The van der Waals surface area contributed by atoms with E-state index >= 15 is 0 Å². The first-order valence-electron chi connectivity index (χ1n) is 4.57. The third-order valence-corrected chi connectivity index (χ3v) is 2.44. The van der Waals surface area contributed by atoms with Gasteiger partial charge in [-0.1, -0.05) is 20.8 Å². The average molecular weight is 197 g/mol. The summed E-state index contributed by atoms with van der Waals surface area (Å²) in [6.45, 7) is 5.31. The minimum atomic E-state index is -1.62. The van der Waals surface area contributed by atoms with Gasteiger partial charge in [-0.05, 0) is 0 Å². The van der Waals surface area contributed by atoms with Crippen LogP contribution in [0.2, 0.25) is 0 Å². The summed E-state index contributed by atoms with van der Waals surface area (Å²) < 4.78 is 14.5. The second-order valence-electron chi connectivity index (χ2n) is 4.35. The maximum atomic E-state index is 14.5. The van der Waals surface area contributed by atoms with Crippen LogP contribution < -0.4 is 5.73 Å². The van der Waals surface area contributed by atoms with E-state index < -0.39 is 11.1 Å². The number of aromatic nitrogens is 2. The molecule has 2 N–H and O–H groups in total. The molecular weight excluding hydrogens is 181 g/mol. The minimum absolute atomic E-state index is 0.0881. The normalized spacial score (nSPS) is 16.4.